The predicted octanol–water partition coefficient (Wildman–Crippen LogP) is 4.30. The SMILES string of the molecule is Clc1ccc(CCCCc2ccccc2)nc1. The summed E-state index contributed by atoms with van der Waals surface area (Å²) in [5.74, 6) is 0. The minimum absolute atomic E-state index is 0.707. The van der Waals surface area contributed by atoms with E-state index in [1.54, 1.807) is 6.20 Å². The molecule has 0 radical (unpaired) electrons. The van der Waals surface area contributed by atoms with E-state index in [9.17, 15) is 0 Å². The van der Waals surface area contributed by atoms with E-state index in [0.717, 1.165) is 18.5 Å². The molecule has 0 bridgehead atoms. The fourth-order valence-corrected chi connectivity index (χ4v) is 1.95. The lowest BCUT2D eigenvalue weighted by atomic mass is 10.1. The Balaban J connectivity index is 1.71. The molecule has 0 N–H and O–H groups in total. The van der Waals surface area contributed by atoms with Crippen LogP contribution in [0.2, 0.25) is 5.02 Å². The average Bonchev–Trinajstić information content (AvgIpc) is 2.38. The largest absolute Gasteiger partial charge is 0.260 e. The molecule has 0 aliphatic rings. The highest BCUT2D eigenvalue weighted by Crippen LogP contribution is 2.10. The normalized spacial score (nSPS) is 10.4. The van der Waals surface area contributed by atoms with Crippen LogP contribution in [0.5, 0.6) is 0 Å². The van der Waals surface area contributed by atoms with Crippen LogP contribution in [0.3, 0.4) is 0 Å². The third kappa shape index (κ3) is 4.20. The maximum absolute atomic E-state index is 5.79. The standard InChI is InChI=1S/C15H16ClN/c16-14-10-11-15(17-12-14)9-5-4-8-13-6-2-1-3-7-13/h1-3,6-7,10-12H,4-5,8-9H2. The maximum Gasteiger partial charge on any atom is 0.0589 e. The fourth-order valence-electron chi connectivity index (χ4n) is 1.83. The number of halogens is 1. The molecule has 0 fully saturated rings. The first-order valence-electron chi connectivity index (χ1n) is 5.99. The molecule has 2 aromatic rings. The van der Waals surface area contributed by atoms with Gasteiger partial charge in [0.05, 0.1) is 5.02 Å². The van der Waals surface area contributed by atoms with Crippen LogP contribution >= 0.6 is 11.6 Å². The van der Waals surface area contributed by atoms with Gasteiger partial charge in [-0.25, -0.2) is 0 Å². The van der Waals surface area contributed by atoms with Crippen molar-refractivity contribution in [1.82, 2.24) is 4.98 Å². The van der Waals surface area contributed by atoms with Crippen molar-refractivity contribution in [1.29, 1.82) is 0 Å². The first-order valence-corrected chi connectivity index (χ1v) is 6.37. The van der Waals surface area contributed by atoms with Crippen molar-refractivity contribution in [2.75, 3.05) is 0 Å². The van der Waals surface area contributed by atoms with Gasteiger partial charge in [0, 0.05) is 11.9 Å². The molecule has 1 aromatic carbocycles. The Hall–Kier alpha value is -1.34. The van der Waals surface area contributed by atoms with Crippen LogP contribution in [0.4, 0.5) is 0 Å². The summed E-state index contributed by atoms with van der Waals surface area (Å²) in [6.45, 7) is 0. The molecule has 0 saturated heterocycles. The Morgan fingerprint density at radius 1 is 0.882 bits per heavy atom. The molecule has 0 aliphatic heterocycles. The second kappa shape index (κ2) is 6.41. The number of nitrogens with zero attached hydrogens (tertiary/aromatic N) is 1. The summed E-state index contributed by atoms with van der Waals surface area (Å²) in [5, 5.41) is 0.707. The van der Waals surface area contributed by atoms with Gasteiger partial charge in [-0.05, 0) is 43.4 Å². The lowest BCUT2D eigenvalue weighted by molar-refractivity contribution is 0.723. The summed E-state index contributed by atoms with van der Waals surface area (Å²) in [5.41, 5.74) is 2.54. The summed E-state index contributed by atoms with van der Waals surface area (Å²) in [4.78, 5) is 4.29. The van der Waals surface area contributed by atoms with Crippen molar-refractivity contribution in [3.63, 3.8) is 0 Å². The summed E-state index contributed by atoms with van der Waals surface area (Å²) in [6, 6.07) is 14.5. The molecule has 0 amide bonds. The first-order chi connectivity index (χ1) is 8.34. The van der Waals surface area contributed by atoms with Gasteiger partial charge in [-0.2, -0.15) is 0 Å². The van der Waals surface area contributed by atoms with Gasteiger partial charge in [0.25, 0.3) is 0 Å². The first kappa shape index (κ1) is 12.1. The molecule has 17 heavy (non-hydrogen) atoms. The second-order valence-electron chi connectivity index (χ2n) is 4.16. The number of rotatable bonds is 5. The van der Waals surface area contributed by atoms with Gasteiger partial charge in [0.15, 0.2) is 0 Å². The van der Waals surface area contributed by atoms with Crippen LogP contribution in [0.1, 0.15) is 24.1 Å². The lowest BCUT2D eigenvalue weighted by Crippen LogP contribution is -1.91. The molecule has 0 atom stereocenters. The molecular weight excluding hydrogens is 230 g/mol. The number of pyridine rings is 1. The molecule has 0 saturated carbocycles. The van der Waals surface area contributed by atoms with Gasteiger partial charge in [-0.15, -0.1) is 0 Å². The summed E-state index contributed by atoms with van der Waals surface area (Å²) >= 11 is 5.79. The monoisotopic (exact) mass is 245 g/mol. The highest BCUT2D eigenvalue weighted by molar-refractivity contribution is 6.30. The van der Waals surface area contributed by atoms with E-state index in [-0.39, 0.29) is 0 Å². The van der Waals surface area contributed by atoms with Crippen molar-refractivity contribution in [3.05, 3.63) is 64.9 Å². The molecule has 0 unspecified atom stereocenters. The molecule has 1 heterocycles. The van der Waals surface area contributed by atoms with Crippen molar-refractivity contribution < 1.29 is 0 Å². The van der Waals surface area contributed by atoms with Crippen molar-refractivity contribution in [2.45, 2.75) is 25.7 Å². The average molecular weight is 246 g/mol. The Bertz CT molecular complexity index is 436. The summed E-state index contributed by atoms with van der Waals surface area (Å²) < 4.78 is 0. The Kier molecular flexibility index (Phi) is 4.57. The zero-order valence-corrected chi connectivity index (χ0v) is 10.5. The van der Waals surface area contributed by atoms with Gasteiger partial charge in [0.1, 0.15) is 0 Å². The zero-order valence-electron chi connectivity index (χ0n) is 9.77. The highest BCUT2D eigenvalue weighted by atomic mass is 35.5. The van der Waals surface area contributed by atoms with Gasteiger partial charge in [-0.1, -0.05) is 41.9 Å². The lowest BCUT2D eigenvalue weighted by Gasteiger charge is -2.02. The number of benzene rings is 1. The van der Waals surface area contributed by atoms with Gasteiger partial charge < -0.3 is 0 Å². The van der Waals surface area contributed by atoms with E-state index < -0.39 is 0 Å². The van der Waals surface area contributed by atoms with Gasteiger partial charge in [0.2, 0.25) is 0 Å². The number of hydrogen-bond donors (Lipinski definition) is 0. The molecule has 1 aromatic heterocycles. The fraction of sp³-hybridized carbons (Fsp3) is 0.267. The second-order valence-corrected chi connectivity index (χ2v) is 4.60. The minimum atomic E-state index is 0.707. The molecule has 0 spiro atoms. The molecule has 2 rings (SSSR count). The number of aryl methyl sites for hydroxylation is 2. The Labute approximate surface area is 107 Å². The van der Waals surface area contributed by atoms with Crippen LogP contribution in [0, 0.1) is 0 Å². The quantitative estimate of drug-likeness (QED) is 0.716. The van der Waals surface area contributed by atoms with Crippen molar-refractivity contribution in [3.8, 4) is 0 Å². The van der Waals surface area contributed by atoms with E-state index in [2.05, 4.69) is 35.3 Å². The molecular formula is C15H16ClN. The third-order valence-electron chi connectivity index (χ3n) is 2.78. The Morgan fingerprint density at radius 3 is 2.35 bits per heavy atom. The van der Waals surface area contributed by atoms with Crippen molar-refractivity contribution in [2.24, 2.45) is 0 Å². The van der Waals surface area contributed by atoms with E-state index >= 15 is 0 Å². The zero-order chi connectivity index (χ0) is 11.9. The highest BCUT2D eigenvalue weighted by Gasteiger charge is 1.96. The summed E-state index contributed by atoms with van der Waals surface area (Å²) in [6.07, 6.45) is 6.27. The van der Waals surface area contributed by atoms with Gasteiger partial charge >= 0.3 is 0 Å². The van der Waals surface area contributed by atoms with E-state index in [1.807, 2.05) is 12.1 Å². The minimum Gasteiger partial charge on any atom is -0.260 e. The predicted molar refractivity (Wildman–Crippen MR) is 72.3 cm³/mol. The molecule has 1 nitrogen and oxygen atoms in total. The number of unbranched alkanes of at least 4 members (excludes halogenated alkanes) is 1. The van der Waals surface area contributed by atoms with Crippen molar-refractivity contribution >= 4 is 11.6 Å². The van der Waals surface area contributed by atoms with Crippen LogP contribution < -0.4 is 0 Å². The van der Waals surface area contributed by atoms with Crippen LogP contribution in [0.15, 0.2) is 48.7 Å². The molecule has 2 heteroatoms. The van der Waals surface area contributed by atoms with E-state index in [1.165, 1.54) is 18.4 Å². The molecule has 0 aliphatic carbocycles. The number of aromatic nitrogens is 1. The summed E-state index contributed by atoms with van der Waals surface area (Å²) in [7, 11) is 0. The van der Waals surface area contributed by atoms with Crippen LogP contribution in [-0.4, -0.2) is 4.98 Å². The Morgan fingerprint density at radius 2 is 1.65 bits per heavy atom. The van der Waals surface area contributed by atoms with Crippen LogP contribution in [0.25, 0.3) is 0 Å². The van der Waals surface area contributed by atoms with E-state index in [4.69, 9.17) is 11.6 Å². The third-order valence-corrected chi connectivity index (χ3v) is 3.00. The smallest absolute Gasteiger partial charge is 0.0589 e. The van der Waals surface area contributed by atoms with Gasteiger partial charge in [-0.3, -0.25) is 4.98 Å². The van der Waals surface area contributed by atoms with Crippen LogP contribution in [-0.2, 0) is 12.8 Å². The van der Waals surface area contributed by atoms with E-state index in [0.29, 0.717) is 5.02 Å². The number of hydrogen-bond acceptors (Lipinski definition) is 1. The molecule has 88 valence electrons. The maximum atomic E-state index is 5.79. The topological polar surface area (TPSA) is 12.9 Å².